The first-order chi connectivity index (χ1) is 15.2. The number of anilines is 2. The Morgan fingerprint density at radius 3 is 2.65 bits per heavy atom. The van der Waals surface area contributed by atoms with Crippen molar-refractivity contribution >= 4 is 23.2 Å². The van der Waals surface area contributed by atoms with E-state index < -0.39 is 0 Å². The standard InChI is InChI=1S/C25H33N3O3/c1-2-3-16-31-23-15-8-7-14-22(23)28-24(29)18-26-21-13-9-10-19(17-21)25(30)27-20-11-5-4-6-12-20/h7-10,13-15,17,20,26H,2-6,11-12,16,18H2,1H3,(H,27,30)(H,28,29). The monoisotopic (exact) mass is 423 g/mol. The van der Waals surface area contributed by atoms with Crippen LogP contribution >= 0.6 is 0 Å². The fourth-order valence-electron chi connectivity index (χ4n) is 3.69. The summed E-state index contributed by atoms with van der Waals surface area (Å²) in [7, 11) is 0. The van der Waals surface area contributed by atoms with Crippen molar-refractivity contribution in [2.24, 2.45) is 0 Å². The molecule has 166 valence electrons. The number of unbranched alkanes of at least 4 members (excludes halogenated alkanes) is 1. The van der Waals surface area contributed by atoms with Crippen LogP contribution in [0.2, 0.25) is 0 Å². The van der Waals surface area contributed by atoms with Crippen LogP contribution in [0.1, 0.15) is 62.2 Å². The molecule has 2 aromatic carbocycles. The Balaban J connectivity index is 1.51. The Labute approximate surface area is 184 Å². The number of carbonyl (C=O) groups is 2. The summed E-state index contributed by atoms with van der Waals surface area (Å²) in [5, 5.41) is 9.12. The Morgan fingerprint density at radius 1 is 1.03 bits per heavy atom. The minimum Gasteiger partial charge on any atom is -0.491 e. The maximum absolute atomic E-state index is 12.6. The SMILES string of the molecule is CCCCOc1ccccc1NC(=O)CNc1cccc(C(=O)NC2CCCCC2)c1. The van der Waals surface area contributed by atoms with E-state index in [1.165, 1.54) is 19.3 Å². The van der Waals surface area contributed by atoms with Gasteiger partial charge in [0.25, 0.3) is 5.91 Å². The molecule has 6 heteroatoms. The van der Waals surface area contributed by atoms with E-state index in [4.69, 9.17) is 4.74 Å². The molecule has 0 radical (unpaired) electrons. The fourth-order valence-corrected chi connectivity index (χ4v) is 3.69. The third-order valence-corrected chi connectivity index (χ3v) is 5.43. The highest BCUT2D eigenvalue weighted by molar-refractivity contribution is 5.96. The molecule has 0 saturated heterocycles. The highest BCUT2D eigenvalue weighted by Gasteiger charge is 2.17. The Hall–Kier alpha value is -3.02. The minimum atomic E-state index is -0.177. The smallest absolute Gasteiger partial charge is 0.251 e. The molecule has 0 heterocycles. The summed E-state index contributed by atoms with van der Waals surface area (Å²) >= 11 is 0. The van der Waals surface area contributed by atoms with Crippen LogP contribution in [0.3, 0.4) is 0 Å². The number of nitrogens with one attached hydrogen (secondary N) is 3. The summed E-state index contributed by atoms with van der Waals surface area (Å²) in [4.78, 5) is 25.0. The molecular weight excluding hydrogens is 390 g/mol. The van der Waals surface area contributed by atoms with Crippen LogP contribution in [0.4, 0.5) is 11.4 Å². The van der Waals surface area contributed by atoms with Crippen LogP contribution in [0, 0.1) is 0 Å². The van der Waals surface area contributed by atoms with Gasteiger partial charge in [-0.1, -0.05) is 50.8 Å². The summed E-state index contributed by atoms with van der Waals surface area (Å²) in [6, 6.07) is 15.0. The molecule has 3 N–H and O–H groups in total. The van der Waals surface area contributed by atoms with Gasteiger partial charge in [-0.3, -0.25) is 9.59 Å². The van der Waals surface area contributed by atoms with Crippen molar-refractivity contribution in [3.8, 4) is 5.75 Å². The zero-order valence-electron chi connectivity index (χ0n) is 18.3. The van der Waals surface area contributed by atoms with Crippen molar-refractivity contribution in [1.82, 2.24) is 5.32 Å². The Morgan fingerprint density at radius 2 is 1.84 bits per heavy atom. The number of carbonyl (C=O) groups excluding carboxylic acids is 2. The van der Waals surface area contributed by atoms with Crippen LogP contribution in [-0.4, -0.2) is 31.0 Å². The summed E-state index contributed by atoms with van der Waals surface area (Å²) in [6.45, 7) is 2.83. The molecule has 2 aromatic rings. The Bertz CT molecular complexity index is 863. The van der Waals surface area contributed by atoms with Gasteiger partial charge >= 0.3 is 0 Å². The van der Waals surface area contributed by atoms with Gasteiger partial charge in [-0.25, -0.2) is 0 Å². The van der Waals surface area contributed by atoms with E-state index in [0.717, 1.165) is 31.4 Å². The molecule has 1 fully saturated rings. The van der Waals surface area contributed by atoms with Crippen molar-refractivity contribution in [2.75, 3.05) is 23.8 Å². The summed E-state index contributed by atoms with van der Waals surface area (Å²) in [5.74, 6) is 0.437. The van der Waals surface area contributed by atoms with E-state index >= 15 is 0 Å². The van der Waals surface area contributed by atoms with E-state index in [-0.39, 0.29) is 24.4 Å². The number of rotatable bonds is 10. The molecule has 1 aliphatic carbocycles. The second kappa shape index (κ2) is 12.0. The average molecular weight is 424 g/mol. The van der Waals surface area contributed by atoms with E-state index in [2.05, 4.69) is 22.9 Å². The minimum absolute atomic E-state index is 0.0573. The zero-order valence-corrected chi connectivity index (χ0v) is 18.3. The number of amides is 2. The lowest BCUT2D eigenvalue weighted by Gasteiger charge is -2.22. The van der Waals surface area contributed by atoms with Crippen molar-refractivity contribution < 1.29 is 14.3 Å². The topological polar surface area (TPSA) is 79.5 Å². The van der Waals surface area contributed by atoms with Gasteiger partial charge in [-0.15, -0.1) is 0 Å². The lowest BCUT2D eigenvalue weighted by Crippen LogP contribution is -2.36. The molecular formula is C25H33N3O3. The molecule has 31 heavy (non-hydrogen) atoms. The second-order valence-corrected chi connectivity index (χ2v) is 7.99. The van der Waals surface area contributed by atoms with Gasteiger partial charge in [0.1, 0.15) is 5.75 Å². The maximum atomic E-state index is 12.6. The first-order valence-corrected chi connectivity index (χ1v) is 11.3. The molecule has 0 aromatic heterocycles. The van der Waals surface area contributed by atoms with Gasteiger partial charge in [-0.2, -0.15) is 0 Å². The largest absolute Gasteiger partial charge is 0.491 e. The van der Waals surface area contributed by atoms with E-state index in [9.17, 15) is 9.59 Å². The third-order valence-electron chi connectivity index (χ3n) is 5.43. The predicted octanol–water partition coefficient (Wildman–Crippen LogP) is 4.98. The summed E-state index contributed by atoms with van der Waals surface area (Å²) < 4.78 is 5.77. The molecule has 1 saturated carbocycles. The first-order valence-electron chi connectivity index (χ1n) is 11.3. The van der Waals surface area contributed by atoms with Crippen LogP contribution in [0.25, 0.3) is 0 Å². The van der Waals surface area contributed by atoms with Gasteiger partial charge in [0.15, 0.2) is 0 Å². The van der Waals surface area contributed by atoms with Crippen LogP contribution in [0.15, 0.2) is 48.5 Å². The Kier molecular flexibility index (Phi) is 8.76. The maximum Gasteiger partial charge on any atom is 0.251 e. The molecule has 2 amide bonds. The normalized spacial score (nSPS) is 14.0. The van der Waals surface area contributed by atoms with Gasteiger partial charge in [0, 0.05) is 17.3 Å². The van der Waals surface area contributed by atoms with E-state index in [1.807, 2.05) is 36.4 Å². The van der Waals surface area contributed by atoms with E-state index in [0.29, 0.717) is 23.6 Å². The fraction of sp³-hybridized carbons (Fsp3) is 0.440. The highest BCUT2D eigenvalue weighted by Crippen LogP contribution is 2.24. The first kappa shape index (κ1) is 22.7. The number of para-hydroxylation sites is 2. The number of ether oxygens (including phenoxy) is 1. The van der Waals surface area contributed by atoms with Crippen molar-refractivity contribution in [1.29, 1.82) is 0 Å². The van der Waals surface area contributed by atoms with Gasteiger partial charge in [0.05, 0.1) is 18.8 Å². The van der Waals surface area contributed by atoms with Gasteiger partial charge in [-0.05, 0) is 49.6 Å². The second-order valence-electron chi connectivity index (χ2n) is 7.99. The zero-order chi connectivity index (χ0) is 21.9. The molecule has 0 atom stereocenters. The van der Waals surface area contributed by atoms with Crippen molar-refractivity contribution in [3.63, 3.8) is 0 Å². The van der Waals surface area contributed by atoms with Crippen LogP contribution < -0.4 is 20.7 Å². The molecule has 0 spiro atoms. The van der Waals surface area contributed by atoms with Gasteiger partial charge < -0.3 is 20.7 Å². The lowest BCUT2D eigenvalue weighted by atomic mass is 9.95. The van der Waals surface area contributed by atoms with Crippen molar-refractivity contribution in [3.05, 3.63) is 54.1 Å². The molecule has 0 unspecified atom stereocenters. The quantitative estimate of drug-likeness (QED) is 0.471. The third kappa shape index (κ3) is 7.31. The lowest BCUT2D eigenvalue weighted by molar-refractivity contribution is -0.114. The summed E-state index contributed by atoms with van der Waals surface area (Å²) in [6.07, 6.45) is 7.72. The predicted molar refractivity (Wildman–Crippen MR) is 125 cm³/mol. The molecule has 1 aliphatic rings. The number of hydrogen-bond acceptors (Lipinski definition) is 4. The highest BCUT2D eigenvalue weighted by atomic mass is 16.5. The van der Waals surface area contributed by atoms with Crippen LogP contribution in [-0.2, 0) is 4.79 Å². The van der Waals surface area contributed by atoms with Crippen LogP contribution in [0.5, 0.6) is 5.75 Å². The molecule has 0 bridgehead atoms. The summed E-state index contributed by atoms with van der Waals surface area (Å²) in [5.41, 5.74) is 2.00. The molecule has 6 nitrogen and oxygen atoms in total. The average Bonchev–Trinajstić information content (AvgIpc) is 2.80. The molecule has 0 aliphatic heterocycles. The van der Waals surface area contributed by atoms with Gasteiger partial charge in [0.2, 0.25) is 5.91 Å². The molecule has 3 rings (SSSR count). The number of benzene rings is 2. The van der Waals surface area contributed by atoms with Crippen molar-refractivity contribution in [2.45, 2.75) is 57.9 Å². The number of hydrogen-bond donors (Lipinski definition) is 3. The van der Waals surface area contributed by atoms with E-state index in [1.54, 1.807) is 12.1 Å².